The van der Waals surface area contributed by atoms with E-state index in [0.717, 1.165) is 5.56 Å². The first-order chi connectivity index (χ1) is 9.02. The molecule has 0 bridgehead atoms. The molecule has 1 aromatic heterocycles. The number of benzene rings is 1. The molecule has 96 valence electrons. The topological polar surface area (TPSA) is 36.7 Å². The van der Waals surface area contributed by atoms with Crippen LogP contribution in [-0.4, -0.2) is 4.98 Å². The number of hydrogen-bond acceptors (Lipinski definition) is 2. The number of rotatable bonds is 2. The van der Waals surface area contributed by atoms with E-state index in [1.807, 2.05) is 0 Å². The summed E-state index contributed by atoms with van der Waals surface area (Å²) >= 11 is 24.2. The van der Waals surface area contributed by atoms with E-state index in [4.69, 9.17) is 51.7 Å². The molecule has 19 heavy (non-hydrogen) atoms. The second-order valence-corrected chi connectivity index (χ2v) is 5.32. The van der Waals surface area contributed by atoms with Gasteiger partial charge in [0, 0.05) is 5.56 Å². The van der Waals surface area contributed by atoms with Gasteiger partial charge in [0.25, 0.3) is 0 Å². The predicted molar refractivity (Wildman–Crippen MR) is 79.0 cm³/mol. The first-order valence-electron chi connectivity index (χ1n) is 5.20. The molecular weight excluding hydrogens is 326 g/mol. The monoisotopic (exact) mass is 330 g/mol. The van der Waals surface area contributed by atoms with Crippen LogP contribution in [0.25, 0.3) is 11.3 Å². The number of hydrogen-bond donors (Lipinski definition) is 0. The van der Waals surface area contributed by atoms with E-state index >= 15 is 0 Å². The number of halogens is 4. The third-order valence-electron chi connectivity index (χ3n) is 2.44. The molecular formula is C13H6Cl4N2. The van der Waals surface area contributed by atoms with Crippen molar-refractivity contribution in [2.24, 2.45) is 0 Å². The van der Waals surface area contributed by atoms with Gasteiger partial charge in [-0.25, -0.2) is 4.98 Å². The third-order valence-corrected chi connectivity index (χ3v) is 3.75. The molecule has 0 aliphatic carbocycles. The van der Waals surface area contributed by atoms with Crippen LogP contribution in [0, 0.1) is 11.3 Å². The second-order valence-electron chi connectivity index (χ2n) is 3.74. The summed E-state index contributed by atoms with van der Waals surface area (Å²) in [5, 5.41) is 10.1. The van der Waals surface area contributed by atoms with E-state index in [9.17, 15) is 0 Å². The highest BCUT2D eigenvalue weighted by molar-refractivity contribution is 6.46. The van der Waals surface area contributed by atoms with Crippen LogP contribution in [0.15, 0.2) is 24.3 Å². The molecule has 0 radical (unpaired) electrons. The van der Waals surface area contributed by atoms with Crippen molar-refractivity contribution in [1.29, 1.82) is 5.26 Å². The lowest BCUT2D eigenvalue weighted by molar-refractivity contribution is 1.21. The highest BCUT2D eigenvalue weighted by Crippen LogP contribution is 2.38. The van der Waals surface area contributed by atoms with Gasteiger partial charge in [-0.05, 0) is 29.8 Å². The summed E-state index contributed by atoms with van der Waals surface area (Å²) in [6.07, 6.45) is 0.227. The van der Waals surface area contributed by atoms with Crippen molar-refractivity contribution < 1.29 is 0 Å². The fourth-order valence-corrected chi connectivity index (χ4v) is 2.59. The minimum Gasteiger partial charge on any atom is -0.236 e. The first kappa shape index (κ1) is 14.4. The van der Waals surface area contributed by atoms with Crippen LogP contribution in [0.2, 0.25) is 20.2 Å². The minimum absolute atomic E-state index is 0.227. The molecule has 0 N–H and O–H groups in total. The molecule has 1 heterocycles. The van der Waals surface area contributed by atoms with Crippen molar-refractivity contribution in [2.45, 2.75) is 6.42 Å². The van der Waals surface area contributed by atoms with Gasteiger partial charge in [0.2, 0.25) is 0 Å². The van der Waals surface area contributed by atoms with Gasteiger partial charge in [0.1, 0.15) is 5.15 Å². The molecule has 0 atom stereocenters. The lowest BCUT2D eigenvalue weighted by Crippen LogP contribution is -1.91. The summed E-state index contributed by atoms with van der Waals surface area (Å²) in [4.78, 5) is 4.18. The van der Waals surface area contributed by atoms with Crippen LogP contribution in [-0.2, 0) is 6.42 Å². The maximum atomic E-state index is 8.74. The van der Waals surface area contributed by atoms with Gasteiger partial charge in [0.15, 0.2) is 0 Å². The molecule has 0 aliphatic rings. The molecule has 0 amide bonds. The van der Waals surface area contributed by atoms with Crippen LogP contribution in [0.1, 0.15) is 5.56 Å². The molecule has 0 saturated carbocycles. The molecule has 0 unspecified atom stereocenters. The van der Waals surface area contributed by atoms with Crippen LogP contribution in [0.5, 0.6) is 0 Å². The van der Waals surface area contributed by atoms with Gasteiger partial charge in [0.05, 0.1) is 33.3 Å². The number of pyridine rings is 1. The number of nitriles is 1. The quantitative estimate of drug-likeness (QED) is 0.543. The van der Waals surface area contributed by atoms with Crippen molar-refractivity contribution in [3.05, 3.63) is 50.0 Å². The Balaban J connectivity index is 2.66. The molecule has 0 aliphatic heterocycles. The Kier molecular flexibility index (Phi) is 4.54. The summed E-state index contributed by atoms with van der Waals surface area (Å²) in [5.74, 6) is 0. The predicted octanol–water partition coefficient (Wildman–Crippen LogP) is 5.43. The Bertz CT molecular complexity index is 677. The largest absolute Gasteiger partial charge is 0.236 e. The Labute approximate surface area is 130 Å². The first-order valence-corrected chi connectivity index (χ1v) is 6.71. The van der Waals surface area contributed by atoms with Gasteiger partial charge in [-0.15, -0.1) is 0 Å². The normalized spacial score (nSPS) is 10.3. The zero-order chi connectivity index (χ0) is 14.0. The number of aromatic nitrogens is 1. The summed E-state index contributed by atoms with van der Waals surface area (Å²) in [6.45, 7) is 0. The Morgan fingerprint density at radius 3 is 2.42 bits per heavy atom. The van der Waals surface area contributed by atoms with E-state index in [2.05, 4.69) is 11.1 Å². The summed E-state index contributed by atoms with van der Waals surface area (Å²) in [7, 11) is 0. The molecule has 0 spiro atoms. The highest BCUT2D eigenvalue weighted by Gasteiger charge is 2.14. The van der Waals surface area contributed by atoms with Gasteiger partial charge in [-0.3, -0.25) is 0 Å². The second kappa shape index (κ2) is 5.98. The fraction of sp³-hybridized carbons (Fsp3) is 0.0769. The molecule has 2 nitrogen and oxygen atoms in total. The highest BCUT2D eigenvalue weighted by atomic mass is 35.5. The van der Waals surface area contributed by atoms with E-state index in [1.165, 1.54) is 0 Å². The molecule has 0 saturated heterocycles. The molecule has 6 heteroatoms. The Morgan fingerprint density at radius 2 is 1.74 bits per heavy atom. The smallest absolute Gasteiger partial charge is 0.130 e. The Hall–Kier alpha value is -0.980. The fourth-order valence-electron chi connectivity index (χ4n) is 1.63. The van der Waals surface area contributed by atoms with Crippen molar-refractivity contribution in [2.75, 3.05) is 0 Å². The molecule has 2 aromatic rings. The minimum atomic E-state index is 0.227. The van der Waals surface area contributed by atoms with Gasteiger partial charge >= 0.3 is 0 Å². The third kappa shape index (κ3) is 3.13. The van der Waals surface area contributed by atoms with Gasteiger partial charge in [-0.1, -0.05) is 46.4 Å². The van der Waals surface area contributed by atoms with E-state index in [0.29, 0.717) is 26.3 Å². The van der Waals surface area contributed by atoms with Crippen molar-refractivity contribution in [3.8, 4) is 17.3 Å². The maximum Gasteiger partial charge on any atom is 0.130 e. The van der Waals surface area contributed by atoms with Crippen molar-refractivity contribution in [3.63, 3.8) is 0 Å². The van der Waals surface area contributed by atoms with E-state index in [-0.39, 0.29) is 11.6 Å². The summed E-state index contributed by atoms with van der Waals surface area (Å²) in [6, 6.07) is 8.64. The number of nitrogens with zero attached hydrogens (tertiary/aromatic N) is 2. The van der Waals surface area contributed by atoms with Crippen LogP contribution in [0.3, 0.4) is 0 Å². The summed E-state index contributed by atoms with van der Waals surface area (Å²) in [5.41, 5.74) is 1.75. The lowest BCUT2D eigenvalue weighted by atomic mass is 10.1. The zero-order valence-electron chi connectivity index (χ0n) is 9.42. The van der Waals surface area contributed by atoms with Crippen LogP contribution in [0.4, 0.5) is 0 Å². The average molecular weight is 332 g/mol. The van der Waals surface area contributed by atoms with E-state index < -0.39 is 0 Å². The zero-order valence-corrected chi connectivity index (χ0v) is 12.4. The van der Waals surface area contributed by atoms with Crippen LogP contribution < -0.4 is 0 Å². The van der Waals surface area contributed by atoms with E-state index in [1.54, 1.807) is 24.3 Å². The van der Waals surface area contributed by atoms with Crippen LogP contribution >= 0.6 is 46.4 Å². The van der Waals surface area contributed by atoms with Crippen molar-refractivity contribution >= 4 is 46.4 Å². The van der Waals surface area contributed by atoms with Gasteiger partial charge < -0.3 is 0 Å². The summed E-state index contributed by atoms with van der Waals surface area (Å²) < 4.78 is 0. The molecule has 2 rings (SSSR count). The molecule has 0 fully saturated rings. The lowest BCUT2D eigenvalue weighted by Gasteiger charge is -2.09. The van der Waals surface area contributed by atoms with Crippen molar-refractivity contribution in [1.82, 2.24) is 4.98 Å². The standard InChI is InChI=1S/C13H6Cl4N2/c14-8-1-2-9(15)13(17)12(8)10-5-7(3-4-18)6-11(16)19-10/h1-2,5-6H,3H2. The average Bonchev–Trinajstić information content (AvgIpc) is 2.34. The van der Waals surface area contributed by atoms with Gasteiger partial charge in [-0.2, -0.15) is 5.26 Å². The SMILES string of the molecule is N#CCc1cc(Cl)nc(-c2c(Cl)ccc(Cl)c2Cl)c1. The molecule has 1 aromatic carbocycles. The maximum absolute atomic E-state index is 8.74. The Morgan fingerprint density at radius 1 is 1.05 bits per heavy atom.